The van der Waals surface area contributed by atoms with Crippen LogP contribution >= 0.6 is 90.4 Å². The van der Waals surface area contributed by atoms with Crippen molar-refractivity contribution in [1.29, 1.82) is 0 Å². The molecule has 0 radical (unpaired) electrons. The van der Waals surface area contributed by atoms with Crippen molar-refractivity contribution in [2.75, 3.05) is 0 Å². The minimum absolute atomic E-state index is 0.168. The average molecular weight is 756 g/mol. The molecule has 2 aromatic carbocycles. The Morgan fingerprint density at radius 2 is 1.27 bits per heavy atom. The largest absolute Gasteiger partial charge is 0.573 e. The molecule has 0 bridgehead atoms. The van der Waals surface area contributed by atoms with E-state index in [4.69, 9.17) is 0 Å². The second-order valence-electron chi connectivity index (χ2n) is 4.35. The van der Waals surface area contributed by atoms with Gasteiger partial charge in [0.05, 0.1) is 3.57 Å². The molecule has 0 spiro atoms. The Balaban J connectivity index is 2.55. The van der Waals surface area contributed by atoms with Crippen LogP contribution in [-0.4, -0.2) is 6.36 Å². The first-order valence-corrected chi connectivity index (χ1v) is 10.1. The third-order valence-corrected chi connectivity index (χ3v) is 9.60. The average Bonchev–Trinajstić information content (AvgIpc) is 2.42. The highest BCUT2D eigenvalue weighted by Gasteiger charge is 2.32. The summed E-state index contributed by atoms with van der Waals surface area (Å²) in [5, 5.41) is 0. The van der Waals surface area contributed by atoms with E-state index in [2.05, 4.69) is 72.5 Å². The van der Waals surface area contributed by atoms with Gasteiger partial charge in [-0.15, -0.1) is 13.2 Å². The van der Waals surface area contributed by atoms with Crippen LogP contribution in [0.1, 0.15) is 5.56 Å². The topological polar surface area (TPSA) is 9.23 Å². The standard InChI is InChI=1S/C14H7F3I4O/c1-6-2-3-7(11(19)10(6)18)8-4-5-9(13(21)12(8)20)22-14(15,16)17/h2-5H,1H3. The summed E-state index contributed by atoms with van der Waals surface area (Å²) in [5.74, 6) is -0.168. The molecule has 0 fully saturated rings. The molecule has 0 N–H and O–H groups in total. The summed E-state index contributed by atoms with van der Waals surface area (Å²) >= 11 is 8.50. The number of halogens is 7. The van der Waals surface area contributed by atoms with E-state index in [1.165, 1.54) is 11.6 Å². The zero-order chi connectivity index (χ0) is 16.7. The van der Waals surface area contributed by atoms with Crippen LogP contribution in [0.4, 0.5) is 13.2 Å². The van der Waals surface area contributed by atoms with Crippen molar-refractivity contribution in [3.8, 4) is 16.9 Å². The minimum Gasteiger partial charge on any atom is -0.405 e. The predicted octanol–water partition coefficient (Wildman–Crippen LogP) is 6.98. The molecular weight excluding hydrogens is 749 g/mol. The van der Waals surface area contributed by atoms with Crippen molar-refractivity contribution in [2.45, 2.75) is 13.3 Å². The van der Waals surface area contributed by atoms with Gasteiger partial charge in [0.2, 0.25) is 0 Å². The summed E-state index contributed by atoms with van der Waals surface area (Å²) < 4.78 is 44.7. The molecule has 1 nitrogen and oxygen atoms in total. The van der Waals surface area contributed by atoms with Gasteiger partial charge in [0, 0.05) is 10.7 Å². The zero-order valence-corrected chi connectivity index (χ0v) is 19.5. The van der Waals surface area contributed by atoms with Gasteiger partial charge in [0.1, 0.15) is 5.75 Å². The second-order valence-corrected chi connectivity index (χ2v) is 8.66. The first-order chi connectivity index (χ1) is 10.1. The van der Waals surface area contributed by atoms with E-state index in [0.717, 1.165) is 21.8 Å². The van der Waals surface area contributed by atoms with E-state index in [1.807, 2.05) is 41.6 Å². The predicted molar refractivity (Wildman–Crippen MR) is 114 cm³/mol. The molecule has 0 saturated heterocycles. The van der Waals surface area contributed by atoms with Gasteiger partial charge < -0.3 is 4.74 Å². The summed E-state index contributed by atoms with van der Waals surface area (Å²) in [6, 6.07) is 7.06. The monoisotopic (exact) mass is 756 g/mol. The molecule has 22 heavy (non-hydrogen) atoms. The van der Waals surface area contributed by atoms with Gasteiger partial charge in [0.15, 0.2) is 0 Å². The molecule has 0 unspecified atom stereocenters. The lowest BCUT2D eigenvalue weighted by atomic mass is 10.0. The van der Waals surface area contributed by atoms with Gasteiger partial charge in [-0.1, -0.05) is 12.1 Å². The Hall–Kier alpha value is 0.950. The Morgan fingerprint density at radius 1 is 0.773 bits per heavy atom. The van der Waals surface area contributed by atoms with Gasteiger partial charge >= 0.3 is 6.36 Å². The molecule has 0 aliphatic heterocycles. The molecule has 0 aromatic heterocycles. The van der Waals surface area contributed by atoms with Crippen molar-refractivity contribution < 1.29 is 17.9 Å². The van der Waals surface area contributed by atoms with Crippen LogP contribution in [0.2, 0.25) is 0 Å². The number of aryl methyl sites for hydroxylation is 1. The summed E-state index contributed by atoms with van der Waals surface area (Å²) in [6.45, 7) is 2.03. The molecular formula is C14H7F3I4O. The van der Waals surface area contributed by atoms with E-state index in [1.54, 1.807) is 6.07 Å². The second kappa shape index (κ2) is 7.45. The Bertz CT molecular complexity index is 729. The first kappa shape index (κ1) is 19.3. The normalized spacial score (nSPS) is 11.6. The van der Waals surface area contributed by atoms with Crippen LogP contribution in [0.15, 0.2) is 24.3 Å². The number of hydrogen-bond donors (Lipinski definition) is 0. The number of ether oxygens (including phenoxy) is 1. The maximum atomic E-state index is 12.4. The zero-order valence-electron chi connectivity index (χ0n) is 10.9. The van der Waals surface area contributed by atoms with Crippen molar-refractivity contribution in [3.05, 3.63) is 44.1 Å². The molecule has 0 heterocycles. The number of hydrogen-bond acceptors (Lipinski definition) is 1. The SMILES string of the molecule is Cc1ccc(-c2ccc(OC(F)(F)F)c(I)c2I)c(I)c1I. The van der Waals surface area contributed by atoms with E-state index < -0.39 is 6.36 Å². The smallest absolute Gasteiger partial charge is 0.405 e. The minimum atomic E-state index is -4.68. The van der Waals surface area contributed by atoms with Crippen molar-refractivity contribution in [3.63, 3.8) is 0 Å². The van der Waals surface area contributed by atoms with Crippen molar-refractivity contribution in [1.82, 2.24) is 0 Å². The van der Waals surface area contributed by atoms with Crippen LogP contribution in [0.25, 0.3) is 11.1 Å². The molecule has 2 aromatic rings. The third-order valence-electron chi connectivity index (χ3n) is 2.84. The Morgan fingerprint density at radius 3 is 1.82 bits per heavy atom. The molecule has 0 amide bonds. The van der Waals surface area contributed by atoms with Crippen LogP contribution in [-0.2, 0) is 0 Å². The molecule has 0 atom stereocenters. The van der Waals surface area contributed by atoms with Crippen molar-refractivity contribution >= 4 is 90.4 Å². The summed E-state index contributed by atoms with van der Waals surface area (Å²) in [6.07, 6.45) is -4.68. The molecule has 0 aliphatic carbocycles. The van der Waals surface area contributed by atoms with Crippen LogP contribution < -0.4 is 4.74 Å². The van der Waals surface area contributed by atoms with Crippen LogP contribution in [0.5, 0.6) is 5.75 Å². The first-order valence-electron chi connectivity index (χ1n) is 5.80. The number of benzene rings is 2. The van der Waals surface area contributed by atoms with Crippen LogP contribution in [0.3, 0.4) is 0 Å². The Labute approximate surface area is 180 Å². The van der Waals surface area contributed by atoms with Gasteiger partial charge in [0.25, 0.3) is 0 Å². The van der Waals surface area contributed by atoms with Crippen LogP contribution in [0, 0.1) is 21.2 Å². The highest BCUT2D eigenvalue weighted by molar-refractivity contribution is 14.1. The highest BCUT2D eigenvalue weighted by atomic mass is 127. The highest BCUT2D eigenvalue weighted by Crippen LogP contribution is 2.39. The van der Waals surface area contributed by atoms with E-state index in [9.17, 15) is 13.2 Å². The van der Waals surface area contributed by atoms with Crippen molar-refractivity contribution in [2.24, 2.45) is 0 Å². The Kier molecular flexibility index (Phi) is 6.53. The molecule has 0 aliphatic rings. The summed E-state index contributed by atoms with van der Waals surface area (Å²) in [4.78, 5) is 0. The molecule has 2 rings (SSSR count). The van der Waals surface area contributed by atoms with Gasteiger partial charge in [-0.25, -0.2) is 0 Å². The maximum absolute atomic E-state index is 12.4. The van der Waals surface area contributed by atoms with Gasteiger partial charge in [-0.3, -0.25) is 0 Å². The molecule has 118 valence electrons. The van der Waals surface area contributed by atoms with Gasteiger partial charge in [-0.05, 0) is 126 Å². The van der Waals surface area contributed by atoms with E-state index in [-0.39, 0.29) is 5.75 Å². The quantitative estimate of drug-likeness (QED) is 0.301. The lowest BCUT2D eigenvalue weighted by Crippen LogP contribution is -2.18. The fraction of sp³-hybridized carbons (Fsp3) is 0.143. The van der Waals surface area contributed by atoms with E-state index in [0.29, 0.717) is 3.57 Å². The summed E-state index contributed by atoms with van der Waals surface area (Å²) in [5.41, 5.74) is 3.09. The summed E-state index contributed by atoms with van der Waals surface area (Å²) in [7, 11) is 0. The van der Waals surface area contributed by atoms with Gasteiger partial charge in [-0.2, -0.15) is 0 Å². The number of rotatable bonds is 2. The lowest BCUT2D eigenvalue weighted by molar-refractivity contribution is -0.275. The molecule has 8 heteroatoms. The lowest BCUT2D eigenvalue weighted by Gasteiger charge is -2.15. The van der Waals surface area contributed by atoms with E-state index >= 15 is 0 Å². The molecule has 0 saturated carbocycles. The fourth-order valence-electron chi connectivity index (χ4n) is 1.80. The third kappa shape index (κ3) is 4.32. The maximum Gasteiger partial charge on any atom is 0.573 e. The fourth-order valence-corrected chi connectivity index (χ4v) is 4.48. The number of alkyl halides is 3.